The number of methoxy groups -OCH3 is 1. The lowest BCUT2D eigenvalue weighted by Crippen LogP contribution is -2.37. The first-order valence-corrected chi connectivity index (χ1v) is 8.63. The highest BCUT2D eigenvalue weighted by molar-refractivity contribution is 9.10. The van der Waals surface area contributed by atoms with Crippen molar-refractivity contribution in [3.8, 4) is 11.5 Å². The molecule has 130 valence electrons. The quantitative estimate of drug-likeness (QED) is 0.638. The van der Waals surface area contributed by atoms with Crippen LogP contribution in [-0.4, -0.2) is 30.8 Å². The molecule has 0 amide bonds. The van der Waals surface area contributed by atoms with E-state index >= 15 is 0 Å². The van der Waals surface area contributed by atoms with Crippen LogP contribution in [0.4, 0.5) is 0 Å². The van der Waals surface area contributed by atoms with Gasteiger partial charge in [-0.1, -0.05) is 20.8 Å². The van der Waals surface area contributed by atoms with Crippen molar-refractivity contribution in [1.29, 1.82) is 0 Å². The van der Waals surface area contributed by atoms with Crippen LogP contribution < -0.4 is 14.8 Å². The number of carboxylic acids is 1. The van der Waals surface area contributed by atoms with Crippen LogP contribution in [0.3, 0.4) is 0 Å². The Kier molecular flexibility index (Phi) is 8.41. The second kappa shape index (κ2) is 9.78. The lowest BCUT2D eigenvalue weighted by molar-refractivity contribution is -0.140. The number of hydrogen-bond donors (Lipinski definition) is 2. The molecular weight excluding hydrogens is 362 g/mol. The highest BCUT2D eigenvalue weighted by Gasteiger charge is 2.19. The van der Waals surface area contributed by atoms with Gasteiger partial charge in [-0.25, -0.2) is 0 Å². The first-order valence-electron chi connectivity index (χ1n) is 7.84. The minimum Gasteiger partial charge on any atom is -0.493 e. The van der Waals surface area contributed by atoms with Crippen molar-refractivity contribution >= 4 is 21.9 Å². The molecule has 0 aliphatic rings. The number of ether oxygens (including phenoxy) is 2. The van der Waals surface area contributed by atoms with E-state index in [9.17, 15) is 9.90 Å². The maximum atomic E-state index is 11.3. The van der Waals surface area contributed by atoms with Crippen molar-refractivity contribution in [2.45, 2.75) is 46.2 Å². The smallest absolute Gasteiger partial charge is 0.320 e. The number of hydrogen-bond acceptors (Lipinski definition) is 4. The van der Waals surface area contributed by atoms with Gasteiger partial charge in [-0.15, -0.1) is 0 Å². The van der Waals surface area contributed by atoms with E-state index in [2.05, 4.69) is 21.2 Å². The molecule has 0 spiro atoms. The first kappa shape index (κ1) is 19.8. The zero-order valence-corrected chi connectivity index (χ0v) is 15.8. The SMILES string of the molecule is CCCOc1c(Br)cc(CN[C@H](CC(C)C)C(=O)O)cc1OC. The fraction of sp³-hybridized carbons (Fsp3) is 0.588. The van der Waals surface area contributed by atoms with Crippen molar-refractivity contribution in [1.82, 2.24) is 5.32 Å². The van der Waals surface area contributed by atoms with Crippen LogP contribution in [0.1, 0.15) is 39.2 Å². The maximum absolute atomic E-state index is 11.3. The van der Waals surface area contributed by atoms with Gasteiger partial charge in [-0.3, -0.25) is 4.79 Å². The normalized spacial score (nSPS) is 12.3. The topological polar surface area (TPSA) is 67.8 Å². The summed E-state index contributed by atoms with van der Waals surface area (Å²) in [7, 11) is 1.59. The number of aliphatic carboxylic acids is 1. The zero-order valence-electron chi connectivity index (χ0n) is 14.2. The van der Waals surface area contributed by atoms with E-state index in [1.165, 1.54) is 0 Å². The van der Waals surface area contributed by atoms with Crippen molar-refractivity contribution in [3.05, 3.63) is 22.2 Å². The number of halogens is 1. The molecule has 2 N–H and O–H groups in total. The van der Waals surface area contributed by atoms with Crippen LogP contribution in [0.5, 0.6) is 11.5 Å². The fourth-order valence-corrected chi connectivity index (χ4v) is 2.81. The first-order chi connectivity index (χ1) is 10.9. The highest BCUT2D eigenvalue weighted by Crippen LogP contribution is 2.36. The molecule has 0 fully saturated rings. The monoisotopic (exact) mass is 387 g/mol. The van der Waals surface area contributed by atoms with Gasteiger partial charge in [0.1, 0.15) is 6.04 Å². The summed E-state index contributed by atoms with van der Waals surface area (Å²) in [6.07, 6.45) is 1.50. The summed E-state index contributed by atoms with van der Waals surface area (Å²) in [5, 5.41) is 12.4. The molecule has 0 unspecified atom stereocenters. The third-order valence-electron chi connectivity index (χ3n) is 3.30. The Morgan fingerprint density at radius 1 is 1.39 bits per heavy atom. The Morgan fingerprint density at radius 3 is 2.61 bits per heavy atom. The van der Waals surface area contributed by atoms with Gasteiger partial charge in [0.2, 0.25) is 0 Å². The zero-order chi connectivity index (χ0) is 17.4. The molecule has 1 atom stereocenters. The Morgan fingerprint density at radius 2 is 2.09 bits per heavy atom. The van der Waals surface area contributed by atoms with Crippen molar-refractivity contribution in [2.24, 2.45) is 5.92 Å². The second-order valence-electron chi connectivity index (χ2n) is 5.86. The van der Waals surface area contributed by atoms with Gasteiger partial charge < -0.3 is 19.9 Å². The van der Waals surface area contributed by atoms with Crippen molar-refractivity contribution < 1.29 is 19.4 Å². The number of benzene rings is 1. The third kappa shape index (κ3) is 6.39. The largest absolute Gasteiger partial charge is 0.493 e. The Bertz CT molecular complexity index is 520. The van der Waals surface area contributed by atoms with Crippen LogP contribution in [-0.2, 0) is 11.3 Å². The van der Waals surface area contributed by atoms with Gasteiger partial charge in [0.05, 0.1) is 18.2 Å². The number of nitrogens with one attached hydrogen (secondary N) is 1. The lowest BCUT2D eigenvalue weighted by Gasteiger charge is -2.18. The predicted molar refractivity (Wildman–Crippen MR) is 94.2 cm³/mol. The lowest BCUT2D eigenvalue weighted by atomic mass is 10.0. The molecular formula is C17H26BrNO4. The molecule has 0 radical (unpaired) electrons. The van der Waals surface area contributed by atoms with Crippen LogP contribution in [0.2, 0.25) is 0 Å². The molecule has 0 bridgehead atoms. The number of carbonyl (C=O) groups is 1. The Labute approximate surface area is 146 Å². The van der Waals surface area contributed by atoms with Crippen LogP contribution in [0, 0.1) is 5.92 Å². The Balaban J connectivity index is 2.84. The van der Waals surface area contributed by atoms with Gasteiger partial charge in [0.15, 0.2) is 11.5 Å². The summed E-state index contributed by atoms with van der Waals surface area (Å²) in [4.78, 5) is 11.3. The molecule has 0 saturated carbocycles. The molecule has 0 heterocycles. The summed E-state index contributed by atoms with van der Waals surface area (Å²) in [6.45, 7) is 7.13. The van der Waals surface area contributed by atoms with E-state index < -0.39 is 12.0 Å². The molecule has 5 nitrogen and oxygen atoms in total. The minimum absolute atomic E-state index is 0.315. The van der Waals surface area contributed by atoms with Crippen molar-refractivity contribution in [2.75, 3.05) is 13.7 Å². The van der Waals surface area contributed by atoms with Crippen LogP contribution >= 0.6 is 15.9 Å². The van der Waals surface area contributed by atoms with E-state index in [0.717, 1.165) is 16.5 Å². The molecule has 0 aliphatic carbocycles. The molecule has 0 aliphatic heterocycles. The molecule has 0 aromatic heterocycles. The standard InChI is InChI=1S/C17H26BrNO4/c1-5-6-23-16-13(18)8-12(9-15(16)22-4)10-19-14(17(20)21)7-11(2)3/h8-9,11,14,19H,5-7,10H2,1-4H3,(H,20,21)/t14-/m1/s1. The maximum Gasteiger partial charge on any atom is 0.320 e. The number of carboxylic acid groups (broad SMARTS) is 1. The van der Waals surface area contributed by atoms with E-state index in [0.29, 0.717) is 37.0 Å². The summed E-state index contributed by atoms with van der Waals surface area (Å²) in [6, 6.07) is 3.24. The Hall–Kier alpha value is -1.27. The van der Waals surface area contributed by atoms with Gasteiger partial charge in [-0.05, 0) is 52.4 Å². The molecule has 6 heteroatoms. The summed E-state index contributed by atoms with van der Waals surface area (Å²) < 4.78 is 11.9. The van der Waals surface area contributed by atoms with Gasteiger partial charge in [0.25, 0.3) is 0 Å². The fourth-order valence-electron chi connectivity index (χ4n) is 2.20. The summed E-state index contributed by atoms with van der Waals surface area (Å²) in [5.74, 6) is 0.803. The average Bonchev–Trinajstić information content (AvgIpc) is 2.49. The molecule has 23 heavy (non-hydrogen) atoms. The molecule has 1 aromatic rings. The highest BCUT2D eigenvalue weighted by atomic mass is 79.9. The van der Waals surface area contributed by atoms with Gasteiger partial charge >= 0.3 is 5.97 Å². The molecule has 1 rings (SSSR count). The van der Waals surface area contributed by atoms with Gasteiger partial charge in [0, 0.05) is 6.54 Å². The third-order valence-corrected chi connectivity index (χ3v) is 3.89. The van der Waals surface area contributed by atoms with E-state index in [-0.39, 0.29) is 0 Å². The summed E-state index contributed by atoms with van der Waals surface area (Å²) in [5.41, 5.74) is 0.938. The van der Waals surface area contributed by atoms with E-state index in [1.807, 2.05) is 32.9 Å². The van der Waals surface area contributed by atoms with Crippen LogP contribution in [0.15, 0.2) is 16.6 Å². The number of rotatable bonds is 10. The predicted octanol–water partition coefficient (Wildman–Crippen LogP) is 3.84. The second-order valence-corrected chi connectivity index (χ2v) is 6.71. The van der Waals surface area contributed by atoms with Crippen LogP contribution in [0.25, 0.3) is 0 Å². The van der Waals surface area contributed by atoms with E-state index in [4.69, 9.17) is 9.47 Å². The average molecular weight is 388 g/mol. The summed E-state index contributed by atoms with van der Waals surface area (Å²) >= 11 is 3.50. The minimum atomic E-state index is -0.826. The van der Waals surface area contributed by atoms with E-state index in [1.54, 1.807) is 7.11 Å². The van der Waals surface area contributed by atoms with Gasteiger partial charge in [-0.2, -0.15) is 0 Å². The molecule has 1 aromatic carbocycles. The molecule has 0 saturated heterocycles. The van der Waals surface area contributed by atoms with Crippen molar-refractivity contribution in [3.63, 3.8) is 0 Å².